The number of ether oxygens (including phenoxy) is 2. The second-order valence-electron chi connectivity index (χ2n) is 15.2. The zero-order chi connectivity index (χ0) is 42.8. The zero-order valence-corrected chi connectivity index (χ0v) is 37.3. The number of carboxylic acid groups (broad SMARTS) is 1. The summed E-state index contributed by atoms with van der Waals surface area (Å²) in [6.45, 7) is 2.72. The Morgan fingerprint density at radius 1 is 0.534 bits per heavy atom. The van der Waals surface area contributed by atoms with Crippen LogP contribution < -0.4 is 5.73 Å². The number of esters is 2. The lowest BCUT2D eigenvalue weighted by Gasteiger charge is -2.20. The van der Waals surface area contributed by atoms with Crippen LogP contribution in [0.2, 0.25) is 0 Å². The molecule has 0 saturated heterocycles. The molecule has 0 bridgehead atoms. The van der Waals surface area contributed by atoms with Gasteiger partial charge in [-0.05, 0) is 51.4 Å². The van der Waals surface area contributed by atoms with E-state index in [0.717, 1.165) is 64.2 Å². The molecule has 4 N–H and O–H groups in total. The Balaban J connectivity index is 4.38. The van der Waals surface area contributed by atoms with Crippen molar-refractivity contribution in [1.82, 2.24) is 0 Å². The quantitative estimate of drug-likeness (QED) is 0.0231. The highest BCUT2D eigenvalue weighted by molar-refractivity contribution is 7.47. The van der Waals surface area contributed by atoms with E-state index < -0.39 is 51.1 Å². The molecule has 0 amide bonds. The van der Waals surface area contributed by atoms with Crippen LogP contribution in [-0.4, -0.2) is 59.9 Å². The van der Waals surface area contributed by atoms with Gasteiger partial charge in [-0.1, -0.05) is 178 Å². The Bertz CT molecular complexity index is 1170. The highest BCUT2D eigenvalue weighted by atomic mass is 31.2. The van der Waals surface area contributed by atoms with Crippen molar-refractivity contribution in [2.75, 3.05) is 19.8 Å². The minimum absolute atomic E-state index is 0.156. The molecule has 0 rings (SSSR count). The maximum Gasteiger partial charge on any atom is 0.472 e. The van der Waals surface area contributed by atoms with Crippen molar-refractivity contribution in [2.45, 2.75) is 206 Å². The molecule has 11 nitrogen and oxygen atoms in total. The van der Waals surface area contributed by atoms with Crippen LogP contribution in [0.4, 0.5) is 0 Å². The molecule has 0 aromatic rings. The molecule has 336 valence electrons. The van der Waals surface area contributed by atoms with Gasteiger partial charge in [-0.3, -0.25) is 23.4 Å². The number of carbonyl (C=O) groups is 3. The Labute approximate surface area is 352 Å². The average Bonchev–Trinajstić information content (AvgIpc) is 3.20. The molecule has 12 heteroatoms. The van der Waals surface area contributed by atoms with Gasteiger partial charge in [-0.2, -0.15) is 0 Å². The van der Waals surface area contributed by atoms with Crippen molar-refractivity contribution in [1.29, 1.82) is 0 Å². The monoisotopic (exact) mass is 840 g/mol. The van der Waals surface area contributed by atoms with Gasteiger partial charge in [-0.15, -0.1) is 0 Å². The summed E-state index contributed by atoms with van der Waals surface area (Å²) in [7, 11) is -4.72. The summed E-state index contributed by atoms with van der Waals surface area (Å²) in [6.07, 6.45) is 46.0. The van der Waals surface area contributed by atoms with Gasteiger partial charge < -0.3 is 25.2 Å². The summed E-state index contributed by atoms with van der Waals surface area (Å²) in [5, 5.41) is 8.89. The first-order valence-corrected chi connectivity index (χ1v) is 24.2. The molecule has 0 aliphatic rings. The van der Waals surface area contributed by atoms with Gasteiger partial charge in [-0.25, -0.2) is 4.57 Å². The van der Waals surface area contributed by atoms with E-state index in [4.69, 9.17) is 24.8 Å². The number of aliphatic carboxylic acids is 1. The SMILES string of the molecule is CCC/C=C/C/C=C/C/C=C/C/C=C/CCCCCC(=O)OC[C@H](COP(=O)(O)OC[C@H](N)C(=O)O)OC(=O)CCCCCCCCCCCCCCCCCCC. The van der Waals surface area contributed by atoms with Crippen LogP contribution in [0.1, 0.15) is 194 Å². The third-order valence-electron chi connectivity index (χ3n) is 9.56. The molecule has 3 atom stereocenters. The Hall–Kier alpha value is -2.56. The first-order valence-electron chi connectivity index (χ1n) is 22.7. The van der Waals surface area contributed by atoms with Gasteiger partial charge in [0.05, 0.1) is 13.2 Å². The van der Waals surface area contributed by atoms with Crippen LogP contribution >= 0.6 is 7.82 Å². The number of rotatable bonds is 42. The van der Waals surface area contributed by atoms with E-state index in [2.05, 4.69) is 67.0 Å². The second-order valence-corrected chi connectivity index (χ2v) is 16.6. The molecule has 0 radical (unpaired) electrons. The van der Waals surface area contributed by atoms with Crippen LogP contribution in [0.25, 0.3) is 0 Å². The second kappa shape index (κ2) is 41.2. The number of hydrogen-bond acceptors (Lipinski definition) is 9. The van der Waals surface area contributed by atoms with Crippen molar-refractivity contribution in [3.05, 3.63) is 48.6 Å². The fourth-order valence-electron chi connectivity index (χ4n) is 6.00. The van der Waals surface area contributed by atoms with E-state index in [0.29, 0.717) is 12.8 Å². The Morgan fingerprint density at radius 2 is 0.948 bits per heavy atom. The molecule has 0 spiro atoms. The Morgan fingerprint density at radius 3 is 1.43 bits per heavy atom. The number of allylic oxidation sites excluding steroid dienone is 8. The van der Waals surface area contributed by atoms with E-state index in [9.17, 15) is 23.8 Å². The average molecular weight is 840 g/mol. The largest absolute Gasteiger partial charge is 0.480 e. The third kappa shape index (κ3) is 40.2. The molecular weight excluding hydrogens is 757 g/mol. The van der Waals surface area contributed by atoms with Gasteiger partial charge in [0, 0.05) is 12.8 Å². The van der Waals surface area contributed by atoms with Crippen LogP contribution in [0.3, 0.4) is 0 Å². The molecule has 0 heterocycles. The predicted octanol–water partition coefficient (Wildman–Crippen LogP) is 12.2. The van der Waals surface area contributed by atoms with Crippen LogP contribution in [0.15, 0.2) is 48.6 Å². The number of unbranched alkanes of at least 4 members (excludes halogenated alkanes) is 20. The van der Waals surface area contributed by atoms with Gasteiger partial charge >= 0.3 is 25.7 Å². The number of phosphoric acid groups is 1. The van der Waals surface area contributed by atoms with E-state index in [1.165, 1.54) is 89.9 Å². The van der Waals surface area contributed by atoms with Crippen LogP contribution in [0, 0.1) is 0 Å². The van der Waals surface area contributed by atoms with Crippen LogP contribution in [-0.2, 0) is 37.5 Å². The fourth-order valence-corrected chi connectivity index (χ4v) is 6.78. The summed E-state index contributed by atoms with van der Waals surface area (Å²) >= 11 is 0. The molecular formula is C46H82NO10P. The lowest BCUT2D eigenvalue weighted by Crippen LogP contribution is -2.34. The first-order chi connectivity index (χ1) is 28.1. The van der Waals surface area contributed by atoms with Crippen molar-refractivity contribution in [3.63, 3.8) is 0 Å². The molecule has 0 aromatic carbocycles. The summed E-state index contributed by atoms with van der Waals surface area (Å²) in [5.74, 6) is -2.41. The van der Waals surface area contributed by atoms with Gasteiger partial charge in [0.1, 0.15) is 12.6 Å². The van der Waals surface area contributed by atoms with Crippen molar-refractivity contribution < 1.29 is 47.5 Å². The lowest BCUT2D eigenvalue weighted by molar-refractivity contribution is -0.161. The molecule has 58 heavy (non-hydrogen) atoms. The molecule has 0 aliphatic heterocycles. The van der Waals surface area contributed by atoms with Gasteiger partial charge in [0.2, 0.25) is 0 Å². The van der Waals surface area contributed by atoms with Gasteiger partial charge in [0.15, 0.2) is 6.10 Å². The summed E-state index contributed by atoms with van der Waals surface area (Å²) in [5.41, 5.74) is 5.34. The zero-order valence-electron chi connectivity index (χ0n) is 36.4. The first kappa shape index (κ1) is 55.4. The normalized spacial score (nSPS) is 14.1. The number of carboxylic acids is 1. The number of hydrogen-bond donors (Lipinski definition) is 3. The Kier molecular flexibility index (Phi) is 39.4. The molecule has 0 fully saturated rings. The minimum atomic E-state index is -4.72. The minimum Gasteiger partial charge on any atom is -0.480 e. The van der Waals surface area contributed by atoms with Crippen molar-refractivity contribution >= 4 is 25.7 Å². The predicted molar refractivity (Wildman–Crippen MR) is 235 cm³/mol. The third-order valence-corrected chi connectivity index (χ3v) is 10.5. The summed E-state index contributed by atoms with van der Waals surface area (Å²) < 4.78 is 32.7. The molecule has 1 unspecified atom stereocenters. The number of phosphoric ester groups is 1. The summed E-state index contributed by atoms with van der Waals surface area (Å²) in [6, 6.07) is -1.53. The molecule has 0 saturated carbocycles. The van der Waals surface area contributed by atoms with E-state index in [1.54, 1.807) is 0 Å². The van der Waals surface area contributed by atoms with E-state index >= 15 is 0 Å². The van der Waals surface area contributed by atoms with Crippen LogP contribution in [0.5, 0.6) is 0 Å². The van der Waals surface area contributed by atoms with Crippen molar-refractivity contribution in [3.8, 4) is 0 Å². The van der Waals surface area contributed by atoms with Crippen molar-refractivity contribution in [2.24, 2.45) is 5.73 Å². The smallest absolute Gasteiger partial charge is 0.472 e. The lowest BCUT2D eigenvalue weighted by atomic mass is 10.0. The highest BCUT2D eigenvalue weighted by Crippen LogP contribution is 2.43. The number of nitrogens with two attached hydrogens (primary N) is 1. The maximum atomic E-state index is 12.6. The molecule has 0 aromatic heterocycles. The fraction of sp³-hybridized carbons (Fsp3) is 0.761. The topological polar surface area (TPSA) is 172 Å². The molecule has 0 aliphatic carbocycles. The van der Waals surface area contributed by atoms with Gasteiger partial charge in [0.25, 0.3) is 0 Å². The standard InChI is InChI=1S/C46H82NO10P/c1-3-5-7-9-11-13-15-17-19-21-23-25-27-29-31-33-35-37-44(48)54-39-42(40-55-58(52,53)56-41-43(47)46(50)51)57-45(49)38-36-34-32-30-28-26-24-22-20-18-16-14-12-10-8-6-4-2/h7,9,13,15,19,21,25,27,42-43H,3-6,8,10-12,14,16-18,20,22-24,26,28-41,47H2,1-2H3,(H,50,51)(H,52,53)/b9-7+,15-13+,21-19+,27-25+/t42-,43+/m1/s1. The van der Waals surface area contributed by atoms with E-state index in [1.807, 2.05) is 0 Å². The maximum absolute atomic E-state index is 12.6. The summed E-state index contributed by atoms with van der Waals surface area (Å²) in [4.78, 5) is 46.0. The highest BCUT2D eigenvalue weighted by Gasteiger charge is 2.28. The number of carbonyl (C=O) groups excluding carboxylic acids is 2. The van der Waals surface area contributed by atoms with E-state index in [-0.39, 0.29) is 19.4 Å².